The molecular formula is C37H27N3. The molecule has 0 amide bonds. The van der Waals surface area contributed by atoms with Gasteiger partial charge >= 0.3 is 0 Å². The molecule has 7 aromatic rings. The zero-order valence-corrected chi connectivity index (χ0v) is 22.2. The van der Waals surface area contributed by atoms with Gasteiger partial charge in [-0.25, -0.2) is 9.97 Å². The van der Waals surface area contributed by atoms with Crippen molar-refractivity contribution in [1.82, 2.24) is 9.97 Å². The van der Waals surface area contributed by atoms with Crippen LogP contribution in [0.15, 0.2) is 140 Å². The summed E-state index contributed by atoms with van der Waals surface area (Å²) in [5.41, 5.74) is 11.4. The predicted octanol–water partition coefficient (Wildman–Crippen LogP) is 9.49. The number of rotatable bonds is 5. The minimum atomic E-state index is 0.898. The van der Waals surface area contributed by atoms with E-state index in [0.29, 0.717) is 0 Å². The molecule has 2 aromatic heterocycles. The number of para-hydroxylation sites is 1. The minimum Gasteiger partial charge on any atom is -0.388 e. The molecule has 3 nitrogen and oxygen atoms in total. The van der Waals surface area contributed by atoms with Crippen molar-refractivity contribution in [3.8, 4) is 44.8 Å². The van der Waals surface area contributed by atoms with Crippen LogP contribution in [0.3, 0.4) is 0 Å². The number of pyridine rings is 2. The number of fused-ring (bicyclic) bond motifs is 3. The summed E-state index contributed by atoms with van der Waals surface area (Å²) < 4.78 is 0. The van der Waals surface area contributed by atoms with Crippen LogP contribution in [0.1, 0.15) is 0 Å². The topological polar surface area (TPSA) is 37.8 Å². The monoisotopic (exact) mass is 513 g/mol. The summed E-state index contributed by atoms with van der Waals surface area (Å²) in [6, 6.07) is 48.6. The molecule has 0 saturated carbocycles. The van der Waals surface area contributed by atoms with Crippen LogP contribution in [0, 0.1) is 0 Å². The first-order chi connectivity index (χ1) is 19.8. The molecule has 0 fully saturated rings. The highest BCUT2D eigenvalue weighted by Crippen LogP contribution is 2.40. The van der Waals surface area contributed by atoms with Gasteiger partial charge in [-0.2, -0.15) is 0 Å². The molecule has 190 valence electrons. The molecular weight excluding hydrogens is 486 g/mol. The Kier molecular flexibility index (Phi) is 6.02. The van der Waals surface area contributed by atoms with E-state index >= 15 is 0 Å². The third kappa shape index (κ3) is 4.18. The molecule has 0 bridgehead atoms. The lowest BCUT2D eigenvalue weighted by Crippen LogP contribution is -1.97. The molecule has 0 aliphatic carbocycles. The van der Waals surface area contributed by atoms with Crippen molar-refractivity contribution in [3.05, 3.63) is 140 Å². The molecule has 0 aliphatic rings. The largest absolute Gasteiger partial charge is 0.388 e. The Labute approximate surface area is 233 Å². The fourth-order valence-corrected chi connectivity index (χ4v) is 5.51. The first-order valence-electron chi connectivity index (χ1n) is 13.5. The lowest BCUT2D eigenvalue weighted by atomic mass is 9.93. The standard InChI is InChI=1S/C37H27N3/c1-38-33-20-12-11-19-30(33)35-24-32(26-15-7-3-8-16-26)29-22-21-28-31(25-13-5-2-6-14-25)23-34(27-17-9-4-10-18-27)39-36(28)37(29)40-35/h2-24,38H,1H3. The van der Waals surface area contributed by atoms with Crippen LogP contribution >= 0.6 is 0 Å². The predicted molar refractivity (Wildman–Crippen MR) is 168 cm³/mol. The third-order valence-corrected chi connectivity index (χ3v) is 7.47. The van der Waals surface area contributed by atoms with Gasteiger partial charge in [0.1, 0.15) is 0 Å². The molecule has 5 aromatic carbocycles. The fourth-order valence-electron chi connectivity index (χ4n) is 5.51. The lowest BCUT2D eigenvalue weighted by molar-refractivity contribution is 1.36. The summed E-state index contributed by atoms with van der Waals surface area (Å²) >= 11 is 0. The number of hydrogen-bond acceptors (Lipinski definition) is 3. The Hall–Kier alpha value is -5.28. The number of nitrogens with zero attached hydrogens (tertiary/aromatic N) is 2. The van der Waals surface area contributed by atoms with Gasteiger partial charge < -0.3 is 5.32 Å². The average molecular weight is 514 g/mol. The van der Waals surface area contributed by atoms with Gasteiger partial charge in [0.15, 0.2) is 0 Å². The summed E-state index contributed by atoms with van der Waals surface area (Å²) in [6.07, 6.45) is 0. The fraction of sp³-hybridized carbons (Fsp3) is 0.0270. The highest BCUT2D eigenvalue weighted by atomic mass is 14.8. The average Bonchev–Trinajstić information content (AvgIpc) is 3.04. The summed E-state index contributed by atoms with van der Waals surface area (Å²) in [5.74, 6) is 0. The first-order valence-corrected chi connectivity index (χ1v) is 13.5. The van der Waals surface area contributed by atoms with Crippen LogP contribution in [-0.4, -0.2) is 17.0 Å². The minimum absolute atomic E-state index is 0.898. The Morgan fingerprint density at radius 1 is 0.425 bits per heavy atom. The summed E-state index contributed by atoms with van der Waals surface area (Å²) in [4.78, 5) is 10.6. The highest BCUT2D eigenvalue weighted by molar-refractivity contribution is 6.13. The second-order valence-corrected chi connectivity index (χ2v) is 9.86. The van der Waals surface area contributed by atoms with E-state index in [1.807, 2.05) is 19.2 Å². The van der Waals surface area contributed by atoms with Gasteiger partial charge in [-0.1, -0.05) is 121 Å². The molecule has 40 heavy (non-hydrogen) atoms. The quantitative estimate of drug-likeness (QED) is 0.233. The number of anilines is 1. The Balaban J connectivity index is 1.62. The molecule has 1 N–H and O–H groups in total. The van der Waals surface area contributed by atoms with Gasteiger partial charge in [0.05, 0.1) is 22.4 Å². The van der Waals surface area contributed by atoms with Crippen molar-refractivity contribution in [1.29, 1.82) is 0 Å². The van der Waals surface area contributed by atoms with E-state index in [4.69, 9.17) is 9.97 Å². The van der Waals surface area contributed by atoms with Gasteiger partial charge in [-0.15, -0.1) is 0 Å². The molecule has 0 saturated heterocycles. The molecule has 0 atom stereocenters. The maximum atomic E-state index is 5.34. The Morgan fingerprint density at radius 2 is 0.875 bits per heavy atom. The summed E-state index contributed by atoms with van der Waals surface area (Å²) in [5, 5.41) is 5.52. The number of aromatic nitrogens is 2. The second-order valence-electron chi connectivity index (χ2n) is 9.86. The van der Waals surface area contributed by atoms with Crippen LogP contribution in [0.25, 0.3) is 66.6 Å². The van der Waals surface area contributed by atoms with E-state index in [2.05, 4.69) is 133 Å². The molecule has 7 rings (SSSR count). The van der Waals surface area contributed by atoms with Crippen LogP contribution in [-0.2, 0) is 0 Å². The van der Waals surface area contributed by atoms with Gasteiger partial charge in [0, 0.05) is 34.6 Å². The van der Waals surface area contributed by atoms with E-state index in [1.54, 1.807) is 0 Å². The molecule has 0 spiro atoms. The van der Waals surface area contributed by atoms with Crippen molar-refractivity contribution >= 4 is 27.5 Å². The highest BCUT2D eigenvalue weighted by Gasteiger charge is 2.17. The molecule has 0 unspecified atom stereocenters. The van der Waals surface area contributed by atoms with E-state index in [0.717, 1.165) is 72.3 Å². The van der Waals surface area contributed by atoms with Gasteiger partial charge in [0.25, 0.3) is 0 Å². The van der Waals surface area contributed by atoms with E-state index in [1.165, 1.54) is 0 Å². The lowest BCUT2D eigenvalue weighted by Gasteiger charge is -2.16. The molecule has 2 heterocycles. The first kappa shape index (κ1) is 23.8. The van der Waals surface area contributed by atoms with Crippen molar-refractivity contribution in [2.45, 2.75) is 0 Å². The van der Waals surface area contributed by atoms with Crippen LogP contribution in [0.2, 0.25) is 0 Å². The van der Waals surface area contributed by atoms with Crippen LogP contribution < -0.4 is 5.32 Å². The van der Waals surface area contributed by atoms with Crippen LogP contribution in [0.4, 0.5) is 5.69 Å². The molecule has 3 heteroatoms. The Morgan fingerprint density at radius 3 is 1.43 bits per heavy atom. The van der Waals surface area contributed by atoms with Gasteiger partial charge in [-0.05, 0) is 40.5 Å². The van der Waals surface area contributed by atoms with E-state index in [9.17, 15) is 0 Å². The third-order valence-electron chi connectivity index (χ3n) is 7.47. The van der Waals surface area contributed by atoms with E-state index in [-0.39, 0.29) is 0 Å². The normalized spacial score (nSPS) is 11.1. The van der Waals surface area contributed by atoms with Crippen molar-refractivity contribution < 1.29 is 0 Å². The zero-order chi connectivity index (χ0) is 26.9. The maximum absolute atomic E-state index is 5.34. The van der Waals surface area contributed by atoms with Gasteiger partial charge in [0.2, 0.25) is 0 Å². The second kappa shape index (κ2) is 10.1. The van der Waals surface area contributed by atoms with Gasteiger partial charge in [-0.3, -0.25) is 0 Å². The van der Waals surface area contributed by atoms with Crippen molar-refractivity contribution in [3.63, 3.8) is 0 Å². The maximum Gasteiger partial charge on any atom is 0.0978 e. The number of nitrogens with one attached hydrogen (secondary N) is 1. The van der Waals surface area contributed by atoms with E-state index < -0.39 is 0 Å². The Bertz CT molecular complexity index is 1970. The van der Waals surface area contributed by atoms with Crippen molar-refractivity contribution in [2.75, 3.05) is 12.4 Å². The summed E-state index contributed by atoms with van der Waals surface area (Å²) in [6.45, 7) is 0. The smallest absolute Gasteiger partial charge is 0.0978 e. The molecule has 0 aliphatic heterocycles. The van der Waals surface area contributed by atoms with Crippen molar-refractivity contribution in [2.24, 2.45) is 0 Å². The van der Waals surface area contributed by atoms with Crippen LogP contribution in [0.5, 0.6) is 0 Å². The number of hydrogen-bond donors (Lipinski definition) is 1. The molecule has 0 radical (unpaired) electrons. The zero-order valence-electron chi connectivity index (χ0n) is 22.2. The SMILES string of the molecule is CNc1ccccc1-c1cc(-c2ccccc2)c2ccc3c(-c4ccccc4)cc(-c4ccccc4)nc3c2n1. The summed E-state index contributed by atoms with van der Waals surface area (Å²) in [7, 11) is 1.95. The number of benzene rings is 5.